The third-order valence-electron chi connectivity index (χ3n) is 4.34. The Labute approximate surface area is 155 Å². The van der Waals surface area contributed by atoms with Gasteiger partial charge in [0.2, 0.25) is 5.88 Å². The van der Waals surface area contributed by atoms with Crippen molar-refractivity contribution in [3.05, 3.63) is 54.2 Å². The molecule has 0 saturated carbocycles. The molecule has 1 amide bonds. The van der Waals surface area contributed by atoms with Gasteiger partial charge in [0, 0.05) is 24.8 Å². The fourth-order valence-electron chi connectivity index (χ4n) is 3.10. The van der Waals surface area contributed by atoms with E-state index in [0.29, 0.717) is 24.9 Å². The second-order valence-electron chi connectivity index (χ2n) is 7.55. The number of pyridine rings is 1. The lowest BCUT2D eigenvalue weighted by Crippen LogP contribution is -2.41. The zero-order valence-electron chi connectivity index (χ0n) is 15.6. The quantitative estimate of drug-likeness (QED) is 0.779. The minimum Gasteiger partial charge on any atom is -0.444 e. The molecule has 0 aliphatic carbocycles. The molecular formula is C21H26N2O3. The summed E-state index contributed by atoms with van der Waals surface area (Å²) < 4.78 is 11.5. The van der Waals surface area contributed by atoms with Crippen molar-refractivity contribution < 1.29 is 14.3 Å². The van der Waals surface area contributed by atoms with E-state index in [2.05, 4.69) is 11.1 Å². The van der Waals surface area contributed by atoms with Gasteiger partial charge < -0.3 is 14.4 Å². The number of ether oxygens (including phenoxy) is 2. The second kappa shape index (κ2) is 7.77. The molecule has 5 heteroatoms. The number of para-hydroxylation sites is 1. The average molecular weight is 354 g/mol. The largest absolute Gasteiger partial charge is 0.444 e. The lowest BCUT2D eigenvalue weighted by atomic mass is 9.90. The molecule has 2 aromatic rings. The summed E-state index contributed by atoms with van der Waals surface area (Å²) in [6.45, 7) is 7.03. The first-order chi connectivity index (χ1) is 12.4. The van der Waals surface area contributed by atoms with Crippen LogP contribution in [0, 0.1) is 0 Å². The molecule has 1 fully saturated rings. The van der Waals surface area contributed by atoms with Gasteiger partial charge in [-0.3, -0.25) is 0 Å². The van der Waals surface area contributed by atoms with E-state index in [9.17, 15) is 4.79 Å². The molecule has 2 heterocycles. The predicted octanol–water partition coefficient (Wildman–Crippen LogP) is 4.99. The number of nitrogens with zero attached hydrogens (tertiary/aromatic N) is 2. The van der Waals surface area contributed by atoms with Gasteiger partial charge in [0.25, 0.3) is 0 Å². The van der Waals surface area contributed by atoms with Crippen LogP contribution in [0.15, 0.2) is 48.7 Å². The smallest absolute Gasteiger partial charge is 0.410 e. The number of likely N-dealkylation sites (tertiary alicyclic amines) is 1. The molecule has 1 aliphatic rings. The van der Waals surface area contributed by atoms with Gasteiger partial charge in [-0.2, -0.15) is 0 Å². The van der Waals surface area contributed by atoms with E-state index >= 15 is 0 Å². The van der Waals surface area contributed by atoms with E-state index in [-0.39, 0.29) is 6.09 Å². The summed E-state index contributed by atoms with van der Waals surface area (Å²) in [5.41, 5.74) is 0.633. The summed E-state index contributed by atoms with van der Waals surface area (Å²) in [5, 5.41) is 0. The highest BCUT2D eigenvalue weighted by Gasteiger charge is 2.29. The molecule has 1 aromatic carbocycles. The van der Waals surface area contributed by atoms with E-state index in [1.807, 2.05) is 57.2 Å². The maximum atomic E-state index is 12.2. The van der Waals surface area contributed by atoms with Crippen molar-refractivity contribution in [3.8, 4) is 11.6 Å². The molecule has 0 spiro atoms. The van der Waals surface area contributed by atoms with Crippen molar-refractivity contribution in [1.82, 2.24) is 9.88 Å². The molecule has 1 saturated heterocycles. The zero-order valence-corrected chi connectivity index (χ0v) is 15.6. The van der Waals surface area contributed by atoms with Gasteiger partial charge in [-0.05, 0) is 57.7 Å². The maximum absolute atomic E-state index is 12.2. The fourth-order valence-corrected chi connectivity index (χ4v) is 3.10. The number of amides is 1. The number of hydrogen-bond donors (Lipinski definition) is 0. The van der Waals surface area contributed by atoms with Crippen LogP contribution >= 0.6 is 0 Å². The third kappa shape index (κ3) is 4.75. The van der Waals surface area contributed by atoms with Gasteiger partial charge >= 0.3 is 6.09 Å². The van der Waals surface area contributed by atoms with Crippen LogP contribution in [0.25, 0.3) is 0 Å². The zero-order chi connectivity index (χ0) is 18.6. The standard InChI is InChI=1S/C21H26N2O3/c1-21(2,3)26-20(24)23-14-11-16(12-15-23)18-10-7-13-22-19(18)25-17-8-5-4-6-9-17/h4-10,13,16H,11-12,14-15H2,1-3H3. The number of benzene rings is 1. The summed E-state index contributed by atoms with van der Waals surface area (Å²) in [6, 6.07) is 13.7. The Bertz CT molecular complexity index is 732. The van der Waals surface area contributed by atoms with Gasteiger partial charge in [0.1, 0.15) is 11.4 Å². The average Bonchev–Trinajstić information content (AvgIpc) is 2.62. The van der Waals surface area contributed by atoms with Crippen LogP contribution in [0.4, 0.5) is 4.79 Å². The topological polar surface area (TPSA) is 51.7 Å². The van der Waals surface area contributed by atoms with E-state index in [0.717, 1.165) is 24.2 Å². The monoisotopic (exact) mass is 354 g/mol. The number of piperidine rings is 1. The molecule has 1 aromatic heterocycles. The van der Waals surface area contributed by atoms with Crippen LogP contribution in [-0.4, -0.2) is 34.7 Å². The van der Waals surface area contributed by atoms with Crippen LogP contribution in [0.5, 0.6) is 11.6 Å². The van der Waals surface area contributed by atoms with Crippen molar-refractivity contribution in [2.24, 2.45) is 0 Å². The molecule has 5 nitrogen and oxygen atoms in total. The van der Waals surface area contributed by atoms with Crippen LogP contribution in [0.1, 0.15) is 45.1 Å². The number of aromatic nitrogens is 1. The Hall–Kier alpha value is -2.56. The van der Waals surface area contributed by atoms with Gasteiger partial charge in [0.05, 0.1) is 0 Å². The summed E-state index contributed by atoms with van der Waals surface area (Å²) in [7, 11) is 0. The van der Waals surface area contributed by atoms with Crippen molar-refractivity contribution in [3.63, 3.8) is 0 Å². The lowest BCUT2D eigenvalue weighted by Gasteiger charge is -2.33. The van der Waals surface area contributed by atoms with Crippen molar-refractivity contribution in [1.29, 1.82) is 0 Å². The molecule has 0 N–H and O–H groups in total. The summed E-state index contributed by atoms with van der Waals surface area (Å²) in [5.74, 6) is 1.74. The highest BCUT2D eigenvalue weighted by molar-refractivity contribution is 5.68. The Morgan fingerprint density at radius 3 is 2.42 bits per heavy atom. The van der Waals surface area contributed by atoms with Crippen molar-refractivity contribution in [2.45, 2.75) is 45.1 Å². The third-order valence-corrected chi connectivity index (χ3v) is 4.34. The Morgan fingerprint density at radius 2 is 1.77 bits per heavy atom. The molecule has 0 bridgehead atoms. The first kappa shape index (κ1) is 18.2. The van der Waals surface area contributed by atoms with Gasteiger partial charge in [-0.15, -0.1) is 0 Å². The summed E-state index contributed by atoms with van der Waals surface area (Å²) in [6.07, 6.45) is 3.26. The highest BCUT2D eigenvalue weighted by Crippen LogP contribution is 2.35. The summed E-state index contributed by atoms with van der Waals surface area (Å²) >= 11 is 0. The van der Waals surface area contributed by atoms with Gasteiger partial charge in [-0.1, -0.05) is 24.3 Å². The minimum absolute atomic E-state index is 0.233. The van der Waals surface area contributed by atoms with Crippen molar-refractivity contribution in [2.75, 3.05) is 13.1 Å². The molecule has 1 aliphatic heterocycles. The Morgan fingerprint density at radius 1 is 1.08 bits per heavy atom. The lowest BCUT2D eigenvalue weighted by molar-refractivity contribution is 0.0204. The molecule has 0 radical (unpaired) electrons. The van der Waals surface area contributed by atoms with Gasteiger partial charge in [0.15, 0.2) is 0 Å². The predicted molar refractivity (Wildman–Crippen MR) is 101 cm³/mol. The number of carbonyl (C=O) groups excluding carboxylic acids is 1. The molecule has 138 valence electrons. The molecular weight excluding hydrogens is 328 g/mol. The number of hydrogen-bond acceptors (Lipinski definition) is 4. The summed E-state index contributed by atoms with van der Waals surface area (Å²) in [4.78, 5) is 18.4. The molecule has 0 unspecified atom stereocenters. The van der Waals surface area contributed by atoms with Crippen LogP contribution in [0.3, 0.4) is 0 Å². The molecule has 0 atom stereocenters. The van der Waals surface area contributed by atoms with E-state index in [4.69, 9.17) is 9.47 Å². The first-order valence-electron chi connectivity index (χ1n) is 9.08. The fraction of sp³-hybridized carbons (Fsp3) is 0.429. The number of rotatable bonds is 3. The van der Waals surface area contributed by atoms with Crippen LogP contribution in [0.2, 0.25) is 0 Å². The second-order valence-corrected chi connectivity index (χ2v) is 7.55. The Kier molecular flexibility index (Phi) is 5.45. The number of carbonyl (C=O) groups is 1. The van der Waals surface area contributed by atoms with Crippen LogP contribution in [-0.2, 0) is 4.74 Å². The normalized spacial score (nSPS) is 15.6. The van der Waals surface area contributed by atoms with Gasteiger partial charge in [-0.25, -0.2) is 9.78 Å². The van der Waals surface area contributed by atoms with Crippen molar-refractivity contribution >= 4 is 6.09 Å². The molecule has 3 rings (SSSR count). The van der Waals surface area contributed by atoms with E-state index < -0.39 is 5.60 Å². The maximum Gasteiger partial charge on any atom is 0.410 e. The minimum atomic E-state index is -0.464. The molecule has 26 heavy (non-hydrogen) atoms. The van der Waals surface area contributed by atoms with E-state index in [1.54, 1.807) is 11.1 Å². The van der Waals surface area contributed by atoms with Crippen LogP contribution < -0.4 is 4.74 Å². The highest BCUT2D eigenvalue weighted by atomic mass is 16.6. The first-order valence-corrected chi connectivity index (χ1v) is 9.08. The van der Waals surface area contributed by atoms with E-state index in [1.165, 1.54) is 0 Å². The SMILES string of the molecule is CC(C)(C)OC(=O)N1CCC(c2cccnc2Oc2ccccc2)CC1. The Balaban J connectivity index is 1.66.